The van der Waals surface area contributed by atoms with Crippen LogP contribution in [-0.4, -0.2) is 91.5 Å². The number of aliphatic hydroxyl groups is 7. The summed E-state index contributed by atoms with van der Waals surface area (Å²) in [5.41, 5.74) is 0. The largest absolute Gasteiger partial charge is 0.394 e. The van der Waals surface area contributed by atoms with Gasteiger partial charge in [0.05, 0.1) is 18.8 Å². The molecule has 0 saturated heterocycles. The second-order valence-corrected chi connectivity index (χ2v) is 4.07. The van der Waals surface area contributed by atoms with E-state index in [1.54, 1.807) is 0 Å². The molecule has 0 aliphatic heterocycles. The van der Waals surface area contributed by atoms with Gasteiger partial charge in [0.25, 0.3) is 0 Å². The highest BCUT2D eigenvalue weighted by atomic mass is 16.4. The Bertz CT molecular complexity index is 258. The Morgan fingerprint density at radius 1 is 0.900 bits per heavy atom. The average molecular weight is 298 g/mol. The van der Waals surface area contributed by atoms with Crippen LogP contribution in [0.3, 0.4) is 0 Å². The van der Waals surface area contributed by atoms with Crippen LogP contribution in [0.2, 0.25) is 0 Å². The SMILES string of the molecule is C[C@H](O)[C@@H](O)[C@@H](O)[C@H](O)C=O.O=CC[C@H](O)[C@H](O)CO. The highest BCUT2D eigenvalue weighted by molar-refractivity contribution is 5.56. The fourth-order valence-electron chi connectivity index (χ4n) is 0.945. The Morgan fingerprint density at radius 3 is 1.70 bits per heavy atom. The summed E-state index contributed by atoms with van der Waals surface area (Å²) in [6.45, 7) is 0.723. The monoisotopic (exact) mass is 298 g/mol. The molecule has 120 valence electrons. The first kappa shape index (κ1) is 21.4. The van der Waals surface area contributed by atoms with Crippen molar-refractivity contribution in [2.24, 2.45) is 0 Å². The van der Waals surface area contributed by atoms with Crippen molar-refractivity contribution in [1.82, 2.24) is 0 Å². The minimum atomic E-state index is -1.65. The summed E-state index contributed by atoms with van der Waals surface area (Å²) in [4.78, 5) is 19.6. The highest BCUT2D eigenvalue weighted by Crippen LogP contribution is 2.02. The van der Waals surface area contributed by atoms with Crippen LogP contribution in [0.25, 0.3) is 0 Å². The van der Waals surface area contributed by atoms with Crippen molar-refractivity contribution >= 4 is 12.6 Å². The van der Waals surface area contributed by atoms with E-state index in [2.05, 4.69) is 0 Å². The summed E-state index contributed by atoms with van der Waals surface area (Å²) in [6.07, 6.45) is -7.86. The zero-order valence-corrected chi connectivity index (χ0v) is 11.0. The lowest BCUT2D eigenvalue weighted by atomic mass is 10.1. The molecular weight excluding hydrogens is 276 g/mol. The summed E-state index contributed by atoms with van der Waals surface area (Å²) >= 11 is 0. The van der Waals surface area contributed by atoms with E-state index in [4.69, 9.17) is 35.7 Å². The number of hydrogen-bond acceptors (Lipinski definition) is 9. The smallest absolute Gasteiger partial charge is 0.151 e. The first-order chi connectivity index (χ1) is 9.22. The van der Waals surface area contributed by atoms with Gasteiger partial charge in [0.1, 0.15) is 30.7 Å². The molecule has 0 bridgehead atoms. The molecule has 0 rings (SSSR count). The van der Waals surface area contributed by atoms with E-state index in [-0.39, 0.29) is 12.7 Å². The molecule has 9 heteroatoms. The van der Waals surface area contributed by atoms with Crippen molar-refractivity contribution in [1.29, 1.82) is 0 Å². The van der Waals surface area contributed by atoms with E-state index in [0.717, 1.165) is 0 Å². The zero-order valence-electron chi connectivity index (χ0n) is 11.0. The van der Waals surface area contributed by atoms with Gasteiger partial charge in [-0.2, -0.15) is 0 Å². The van der Waals surface area contributed by atoms with Crippen LogP contribution in [0, 0.1) is 0 Å². The zero-order chi connectivity index (χ0) is 16.3. The molecule has 0 spiro atoms. The van der Waals surface area contributed by atoms with Gasteiger partial charge >= 0.3 is 0 Å². The van der Waals surface area contributed by atoms with Crippen molar-refractivity contribution in [3.05, 3.63) is 0 Å². The summed E-state index contributed by atoms with van der Waals surface area (Å²) in [5.74, 6) is 0. The maximum absolute atomic E-state index is 9.87. The third-order valence-electron chi connectivity index (χ3n) is 2.30. The van der Waals surface area contributed by atoms with E-state index < -0.39 is 43.2 Å². The van der Waals surface area contributed by atoms with Gasteiger partial charge in [-0.25, -0.2) is 0 Å². The third-order valence-corrected chi connectivity index (χ3v) is 2.30. The molecule has 7 N–H and O–H groups in total. The maximum Gasteiger partial charge on any atom is 0.151 e. The van der Waals surface area contributed by atoms with Crippen LogP contribution >= 0.6 is 0 Å². The van der Waals surface area contributed by atoms with Crippen LogP contribution in [0.5, 0.6) is 0 Å². The lowest BCUT2D eigenvalue weighted by molar-refractivity contribution is -0.132. The number of carbonyl (C=O) groups excluding carboxylic acids is 2. The molecule has 0 aromatic rings. The number of carbonyl (C=O) groups is 2. The Balaban J connectivity index is 0. The van der Waals surface area contributed by atoms with Gasteiger partial charge in [0, 0.05) is 6.42 Å². The molecule has 0 aromatic heterocycles. The van der Waals surface area contributed by atoms with Crippen LogP contribution in [0.4, 0.5) is 0 Å². The fourth-order valence-corrected chi connectivity index (χ4v) is 0.945. The Kier molecular flexibility index (Phi) is 12.7. The lowest BCUT2D eigenvalue weighted by Gasteiger charge is -2.21. The van der Waals surface area contributed by atoms with Gasteiger partial charge in [0.2, 0.25) is 0 Å². The van der Waals surface area contributed by atoms with Crippen LogP contribution in [-0.2, 0) is 9.59 Å². The van der Waals surface area contributed by atoms with Crippen molar-refractivity contribution in [3.63, 3.8) is 0 Å². The standard InChI is InChI=1S/C6H12O5.C5H10O4/c1-3(8)5(10)6(11)4(9)2-7;6-2-1-4(8)5(9)3-7/h2-6,8-11H,1H3;2,4-5,7-9H,1,3H2/t3-,4+,5+,6-;4-,5+/m00/s1. The molecule has 20 heavy (non-hydrogen) atoms. The predicted octanol–water partition coefficient (Wildman–Crippen LogP) is -4.06. The molecule has 0 fully saturated rings. The topological polar surface area (TPSA) is 176 Å². The molecule has 0 heterocycles. The molecule has 0 saturated carbocycles. The van der Waals surface area contributed by atoms with E-state index >= 15 is 0 Å². The number of aliphatic hydroxyl groups excluding tert-OH is 7. The van der Waals surface area contributed by atoms with Crippen molar-refractivity contribution in [2.45, 2.75) is 50.0 Å². The fraction of sp³-hybridized carbons (Fsp3) is 0.818. The third kappa shape index (κ3) is 9.04. The molecule has 0 aliphatic rings. The van der Waals surface area contributed by atoms with Gasteiger partial charge in [-0.3, -0.25) is 0 Å². The molecule has 0 radical (unpaired) electrons. The molecular formula is C11H22O9. The summed E-state index contributed by atoms with van der Waals surface area (Å²) in [6, 6.07) is 0. The Morgan fingerprint density at radius 2 is 1.40 bits per heavy atom. The van der Waals surface area contributed by atoms with Gasteiger partial charge < -0.3 is 45.3 Å². The van der Waals surface area contributed by atoms with Crippen LogP contribution < -0.4 is 0 Å². The highest BCUT2D eigenvalue weighted by Gasteiger charge is 2.27. The van der Waals surface area contributed by atoms with Crippen molar-refractivity contribution in [3.8, 4) is 0 Å². The maximum atomic E-state index is 9.87. The number of rotatable bonds is 8. The molecule has 9 nitrogen and oxygen atoms in total. The summed E-state index contributed by atoms with van der Waals surface area (Å²) < 4.78 is 0. The second kappa shape index (κ2) is 11.9. The first-order valence-corrected chi connectivity index (χ1v) is 5.81. The predicted molar refractivity (Wildman–Crippen MR) is 65.5 cm³/mol. The van der Waals surface area contributed by atoms with E-state index in [1.165, 1.54) is 6.92 Å². The lowest BCUT2D eigenvalue weighted by Crippen LogP contribution is -2.43. The van der Waals surface area contributed by atoms with E-state index in [0.29, 0.717) is 6.29 Å². The van der Waals surface area contributed by atoms with Gasteiger partial charge in [-0.1, -0.05) is 0 Å². The molecule has 6 atom stereocenters. The number of aldehydes is 2. The van der Waals surface area contributed by atoms with Crippen molar-refractivity contribution < 1.29 is 45.3 Å². The average Bonchev–Trinajstić information content (AvgIpc) is 2.44. The Hall–Kier alpha value is -0.940. The second-order valence-electron chi connectivity index (χ2n) is 4.07. The minimum absolute atomic E-state index is 0.0935. The van der Waals surface area contributed by atoms with E-state index in [1.807, 2.05) is 0 Å². The normalized spacial score (nSPS) is 19.6. The Labute approximate surface area is 115 Å². The van der Waals surface area contributed by atoms with Gasteiger partial charge in [-0.05, 0) is 6.92 Å². The quantitative estimate of drug-likeness (QED) is 0.220. The molecule has 0 aliphatic carbocycles. The molecule has 0 aromatic carbocycles. The minimum Gasteiger partial charge on any atom is -0.394 e. The van der Waals surface area contributed by atoms with Gasteiger partial charge in [0.15, 0.2) is 6.29 Å². The van der Waals surface area contributed by atoms with Crippen molar-refractivity contribution in [2.75, 3.05) is 6.61 Å². The van der Waals surface area contributed by atoms with Crippen LogP contribution in [0.1, 0.15) is 13.3 Å². The van der Waals surface area contributed by atoms with Crippen LogP contribution in [0.15, 0.2) is 0 Å². The summed E-state index contributed by atoms with van der Waals surface area (Å²) in [7, 11) is 0. The first-order valence-electron chi connectivity index (χ1n) is 5.81. The van der Waals surface area contributed by atoms with Gasteiger partial charge in [-0.15, -0.1) is 0 Å². The van der Waals surface area contributed by atoms with E-state index in [9.17, 15) is 9.59 Å². The molecule has 0 amide bonds. The summed E-state index contributed by atoms with van der Waals surface area (Å²) in [5, 5.41) is 60.6. The number of hydrogen-bond donors (Lipinski definition) is 7. The molecule has 0 unspecified atom stereocenters.